The summed E-state index contributed by atoms with van der Waals surface area (Å²) in [6, 6.07) is 11.1. The van der Waals surface area contributed by atoms with E-state index in [0.717, 1.165) is 22.2 Å². The number of hydrogen-bond donors (Lipinski definition) is 1. The van der Waals surface area contributed by atoms with Crippen molar-refractivity contribution in [3.8, 4) is 0 Å². The smallest absolute Gasteiger partial charge is 0.342 e. The highest BCUT2D eigenvalue weighted by atomic mass is 32.2. The number of hydrogen-bond acceptors (Lipinski definition) is 5. The maximum absolute atomic E-state index is 11.3. The minimum atomic E-state index is -0.995. The predicted octanol–water partition coefficient (Wildman–Crippen LogP) is 4.11. The van der Waals surface area contributed by atoms with Crippen molar-refractivity contribution in [1.82, 2.24) is 4.98 Å². The Morgan fingerprint density at radius 3 is 2.85 bits per heavy atom. The van der Waals surface area contributed by atoms with Crippen LogP contribution in [0.3, 0.4) is 0 Å². The first kappa shape index (κ1) is 13.0. The van der Waals surface area contributed by atoms with Gasteiger partial charge in [-0.25, -0.2) is 9.78 Å². The molecule has 0 atom stereocenters. The molecule has 0 saturated heterocycles. The second-order valence-corrected chi connectivity index (χ2v) is 5.85. The van der Waals surface area contributed by atoms with Gasteiger partial charge in [0.1, 0.15) is 10.4 Å². The lowest BCUT2D eigenvalue weighted by Gasteiger charge is -1.97. The molecule has 0 aliphatic heterocycles. The number of thioether (sulfide) groups is 1. The van der Waals surface area contributed by atoms with Crippen LogP contribution in [-0.4, -0.2) is 16.1 Å². The monoisotopic (exact) mass is 303 g/mol. The SMILES string of the molecule is O=C(O)/C(=C/c1cccs1)Sc1nc2ccccc2o1. The van der Waals surface area contributed by atoms with Crippen molar-refractivity contribution in [1.29, 1.82) is 0 Å². The Labute approximate surface area is 122 Å². The van der Waals surface area contributed by atoms with Crippen LogP contribution in [0, 0.1) is 0 Å². The zero-order valence-electron chi connectivity index (χ0n) is 10.1. The lowest BCUT2D eigenvalue weighted by molar-refractivity contribution is -0.131. The van der Waals surface area contributed by atoms with Gasteiger partial charge in [0, 0.05) is 4.88 Å². The molecule has 1 aromatic carbocycles. The van der Waals surface area contributed by atoms with Gasteiger partial charge in [-0.3, -0.25) is 0 Å². The Morgan fingerprint density at radius 1 is 1.30 bits per heavy atom. The number of para-hydroxylation sites is 2. The number of thiophene rings is 1. The fraction of sp³-hybridized carbons (Fsp3) is 0. The summed E-state index contributed by atoms with van der Waals surface area (Å²) in [7, 11) is 0. The van der Waals surface area contributed by atoms with Crippen molar-refractivity contribution in [3.63, 3.8) is 0 Å². The summed E-state index contributed by atoms with van der Waals surface area (Å²) in [5.41, 5.74) is 1.37. The quantitative estimate of drug-likeness (QED) is 0.580. The molecule has 100 valence electrons. The molecule has 0 aliphatic carbocycles. The van der Waals surface area contributed by atoms with Gasteiger partial charge >= 0.3 is 5.97 Å². The predicted molar refractivity (Wildman–Crippen MR) is 79.8 cm³/mol. The summed E-state index contributed by atoms with van der Waals surface area (Å²) in [5.74, 6) is -0.995. The third kappa shape index (κ3) is 2.76. The number of carbonyl (C=O) groups is 1. The van der Waals surface area contributed by atoms with Gasteiger partial charge in [0.25, 0.3) is 5.22 Å². The molecule has 2 heterocycles. The topological polar surface area (TPSA) is 63.3 Å². The van der Waals surface area contributed by atoms with Gasteiger partial charge in [0.2, 0.25) is 0 Å². The second-order valence-electron chi connectivity index (χ2n) is 3.88. The fourth-order valence-electron chi connectivity index (χ4n) is 1.63. The lowest BCUT2D eigenvalue weighted by Crippen LogP contribution is -1.96. The summed E-state index contributed by atoms with van der Waals surface area (Å²) in [6.07, 6.45) is 1.62. The second kappa shape index (κ2) is 5.52. The molecular formula is C14H9NO3S2. The lowest BCUT2D eigenvalue weighted by atomic mass is 10.3. The summed E-state index contributed by atoms with van der Waals surface area (Å²) in [6.45, 7) is 0. The van der Waals surface area contributed by atoms with E-state index in [1.165, 1.54) is 11.3 Å². The van der Waals surface area contributed by atoms with E-state index in [4.69, 9.17) is 4.42 Å². The molecule has 0 bridgehead atoms. The van der Waals surface area contributed by atoms with Crippen molar-refractivity contribution in [2.24, 2.45) is 0 Å². The number of oxazole rings is 1. The molecule has 0 saturated carbocycles. The molecule has 2 aromatic heterocycles. The van der Waals surface area contributed by atoms with Crippen LogP contribution in [0.4, 0.5) is 0 Å². The van der Waals surface area contributed by atoms with Gasteiger partial charge in [-0.2, -0.15) is 0 Å². The molecule has 1 N–H and O–H groups in total. The molecule has 0 aliphatic rings. The molecule has 4 nitrogen and oxygen atoms in total. The van der Waals surface area contributed by atoms with Gasteiger partial charge in [0.05, 0.1) is 0 Å². The standard InChI is InChI=1S/C14H9NO3S2/c16-13(17)12(8-9-4-3-7-19-9)20-14-15-10-5-1-2-6-11(10)18-14/h1-8H,(H,16,17)/b12-8-. The first-order valence-corrected chi connectivity index (χ1v) is 7.44. The number of nitrogens with zero attached hydrogens (tertiary/aromatic N) is 1. The van der Waals surface area contributed by atoms with Gasteiger partial charge in [-0.1, -0.05) is 18.2 Å². The highest BCUT2D eigenvalue weighted by Gasteiger charge is 2.14. The number of rotatable bonds is 4. The van der Waals surface area contributed by atoms with Crippen molar-refractivity contribution in [2.75, 3.05) is 0 Å². The summed E-state index contributed by atoms with van der Waals surface area (Å²) in [4.78, 5) is 16.6. The van der Waals surface area contributed by atoms with Gasteiger partial charge in [-0.15, -0.1) is 11.3 Å². The molecule has 6 heteroatoms. The Kier molecular flexibility index (Phi) is 3.58. The summed E-state index contributed by atoms with van der Waals surface area (Å²) in [5, 5.41) is 11.5. The molecule has 0 spiro atoms. The molecule has 3 aromatic rings. The third-order valence-electron chi connectivity index (χ3n) is 2.50. The highest BCUT2D eigenvalue weighted by molar-refractivity contribution is 8.03. The number of carboxylic acids is 1. The first-order chi connectivity index (χ1) is 9.72. The number of fused-ring (bicyclic) bond motifs is 1. The molecular weight excluding hydrogens is 294 g/mol. The van der Waals surface area contributed by atoms with E-state index in [0.29, 0.717) is 10.8 Å². The van der Waals surface area contributed by atoms with Gasteiger partial charge < -0.3 is 9.52 Å². The normalized spacial score (nSPS) is 11.9. The van der Waals surface area contributed by atoms with Crippen LogP contribution in [0.5, 0.6) is 0 Å². The minimum Gasteiger partial charge on any atom is -0.477 e. The van der Waals surface area contributed by atoms with Crippen molar-refractivity contribution < 1.29 is 14.3 Å². The Morgan fingerprint density at radius 2 is 2.15 bits per heavy atom. The molecule has 0 amide bonds. The van der Waals surface area contributed by atoms with E-state index >= 15 is 0 Å². The highest BCUT2D eigenvalue weighted by Crippen LogP contribution is 2.31. The van der Waals surface area contributed by atoms with Crippen LogP contribution < -0.4 is 0 Å². The van der Waals surface area contributed by atoms with E-state index in [-0.39, 0.29) is 4.91 Å². The van der Waals surface area contributed by atoms with Crippen molar-refractivity contribution >= 4 is 46.2 Å². The Hall–Kier alpha value is -2.05. The number of carboxylic acid groups (broad SMARTS) is 1. The number of aromatic nitrogens is 1. The maximum atomic E-state index is 11.3. The van der Waals surface area contributed by atoms with Crippen molar-refractivity contribution in [3.05, 3.63) is 51.6 Å². The third-order valence-corrected chi connectivity index (χ3v) is 4.18. The Bertz CT molecular complexity index is 742. The summed E-state index contributed by atoms with van der Waals surface area (Å²) >= 11 is 2.49. The van der Waals surface area contributed by atoms with Gasteiger partial charge in [-0.05, 0) is 41.4 Å². The van der Waals surface area contributed by atoms with Crippen LogP contribution in [0.15, 0.2) is 56.3 Å². The zero-order valence-corrected chi connectivity index (χ0v) is 11.8. The van der Waals surface area contributed by atoms with E-state index in [2.05, 4.69) is 4.98 Å². The average molecular weight is 303 g/mol. The molecule has 0 unspecified atom stereocenters. The maximum Gasteiger partial charge on any atom is 0.342 e. The van der Waals surface area contributed by atoms with E-state index < -0.39 is 5.97 Å². The fourth-order valence-corrected chi connectivity index (χ4v) is 3.09. The van der Waals surface area contributed by atoms with Crippen LogP contribution in [-0.2, 0) is 4.79 Å². The number of benzene rings is 1. The molecule has 20 heavy (non-hydrogen) atoms. The minimum absolute atomic E-state index is 0.180. The molecule has 0 radical (unpaired) electrons. The van der Waals surface area contributed by atoms with Crippen molar-refractivity contribution in [2.45, 2.75) is 5.22 Å². The molecule has 3 rings (SSSR count). The number of aliphatic carboxylic acids is 1. The Balaban J connectivity index is 1.92. The summed E-state index contributed by atoms with van der Waals surface area (Å²) < 4.78 is 5.52. The van der Waals surface area contributed by atoms with E-state index in [1.807, 2.05) is 35.7 Å². The zero-order chi connectivity index (χ0) is 13.9. The van der Waals surface area contributed by atoms with Crippen LogP contribution in [0.25, 0.3) is 17.2 Å². The molecule has 0 fully saturated rings. The van der Waals surface area contributed by atoms with Gasteiger partial charge in [0.15, 0.2) is 5.58 Å². The largest absolute Gasteiger partial charge is 0.477 e. The first-order valence-electron chi connectivity index (χ1n) is 5.74. The average Bonchev–Trinajstić information content (AvgIpc) is 3.05. The van der Waals surface area contributed by atoms with Crippen LogP contribution >= 0.6 is 23.1 Å². The van der Waals surface area contributed by atoms with E-state index in [9.17, 15) is 9.90 Å². The van der Waals surface area contributed by atoms with Crippen LogP contribution in [0.1, 0.15) is 4.88 Å². The van der Waals surface area contributed by atoms with Crippen LogP contribution in [0.2, 0.25) is 0 Å². The van der Waals surface area contributed by atoms with E-state index in [1.54, 1.807) is 12.1 Å².